The molecule has 5 nitrogen and oxygen atoms in total. The Bertz CT molecular complexity index is 421. The highest BCUT2D eigenvalue weighted by Crippen LogP contribution is 2.32. The van der Waals surface area contributed by atoms with E-state index in [0.29, 0.717) is 25.4 Å². The Balaban J connectivity index is 1.74. The second-order valence-corrected chi connectivity index (χ2v) is 6.65. The number of nitrogens with one attached hydrogen (secondary N) is 1. The summed E-state index contributed by atoms with van der Waals surface area (Å²) in [5.74, 6) is 0.107. The molecule has 1 aliphatic carbocycles. The first-order chi connectivity index (χ1) is 9.53. The summed E-state index contributed by atoms with van der Waals surface area (Å²) in [6, 6.07) is 1.06. The van der Waals surface area contributed by atoms with Gasteiger partial charge in [-0.1, -0.05) is 6.92 Å². The molecule has 3 rings (SSSR count). The largest absolute Gasteiger partial charge is 0.342 e. The van der Waals surface area contributed by atoms with Crippen LogP contribution < -0.4 is 5.32 Å². The second-order valence-electron chi connectivity index (χ2n) is 6.65. The van der Waals surface area contributed by atoms with Crippen molar-refractivity contribution in [2.45, 2.75) is 63.6 Å². The SMILES string of the molecule is CCC1(C)NC(=O)CCN(C2CCN(C3CC3)C2)C1=O. The molecule has 2 atom stereocenters. The highest BCUT2D eigenvalue weighted by Gasteiger charge is 2.44. The lowest BCUT2D eigenvalue weighted by atomic mass is 9.96. The van der Waals surface area contributed by atoms with Crippen molar-refractivity contribution in [2.75, 3.05) is 19.6 Å². The molecule has 20 heavy (non-hydrogen) atoms. The predicted molar refractivity (Wildman–Crippen MR) is 76.2 cm³/mol. The van der Waals surface area contributed by atoms with Gasteiger partial charge in [-0.05, 0) is 32.6 Å². The fraction of sp³-hybridized carbons (Fsp3) is 0.867. The van der Waals surface area contributed by atoms with Crippen LogP contribution in [-0.2, 0) is 9.59 Å². The van der Waals surface area contributed by atoms with Crippen molar-refractivity contribution >= 4 is 11.8 Å². The van der Waals surface area contributed by atoms with E-state index in [2.05, 4.69) is 10.2 Å². The lowest BCUT2D eigenvalue weighted by molar-refractivity contribution is -0.140. The normalized spacial score (nSPS) is 36.1. The Labute approximate surface area is 120 Å². The van der Waals surface area contributed by atoms with Crippen LogP contribution in [0.25, 0.3) is 0 Å². The molecule has 3 aliphatic rings. The summed E-state index contributed by atoms with van der Waals surface area (Å²) in [6.45, 7) is 6.49. The van der Waals surface area contributed by atoms with E-state index in [0.717, 1.165) is 25.6 Å². The van der Waals surface area contributed by atoms with Crippen LogP contribution in [-0.4, -0.2) is 58.9 Å². The summed E-state index contributed by atoms with van der Waals surface area (Å²) in [5.41, 5.74) is -0.722. The minimum atomic E-state index is -0.722. The quantitative estimate of drug-likeness (QED) is 0.829. The first-order valence-electron chi connectivity index (χ1n) is 7.89. The maximum absolute atomic E-state index is 12.8. The lowest BCUT2D eigenvalue weighted by Gasteiger charge is -2.34. The number of likely N-dealkylation sites (tertiary alicyclic amines) is 1. The van der Waals surface area contributed by atoms with Gasteiger partial charge >= 0.3 is 0 Å². The zero-order valence-electron chi connectivity index (χ0n) is 12.5. The van der Waals surface area contributed by atoms with Gasteiger partial charge in [0.05, 0.1) is 0 Å². The Hall–Kier alpha value is -1.10. The predicted octanol–water partition coefficient (Wildman–Crippen LogP) is 0.740. The summed E-state index contributed by atoms with van der Waals surface area (Å²) in [4.78, 5) is 29.2. The van der Waals surface area contributed by atoms with Gasteiger partial charge in [0, 0.05) is 38.1 Å². The minimum absolute atomic E-state index is 0.00208. The number of carbonyl (C=O) groups excluding carboxylic acids is 2. The number of rotatable bonds is 3. The van der Waals surface area contributed by atoms with Crippen molar-refractivity contribution in [3.63, 3.8) is 0 Å². The lowest BCUT2D eigenvalue weighted by Crippen LogP contribution is -2.57. The monoisotopic (exact) mass is 279 g/mol. The van der Waals surface area contributed by atoms with Crippen molar-refractivity contribution in [1.29, 1.82) is 0 Å². The highest BCUT2D eigenvalue weighted by atomic mass is 16.2. The molecule has 0 bridgehead atoms. The molecule has 112 valence electrons. The van der Waals surface area contributed by atoms with Crippen LogP contribution in [0.3, 0.4) is 0 Å². The van der Waals surface area contributed by atoms with Crippen molar-refractivity contribution in [2.24, 2.45) is 0 Å². The fourth-order valence-corrected chi connectivity index (χ4v) is 3.45. The molecule has 0 aromatic carbocycles. The van der Waals surface area contributed by atoms with E-state index in [1.54, 1.807) is 0 Å². The number of hydrogen-bond acceptors (Lipinski definition) is 3. The molecule has 0 aromatic rings. The topological polar surface area (TPSA) is 52.7 Å². The van der Waals surface area contributed by atoms with Gasteiger partial charge in [0.25, 0.3) is 0 Å². The highest BCUT2D eigenvalue weighted by molar-refractivity contribution is 5.93. The van der Waals surface area contributed by atoms with Gasteiger partial charge in [-0.15, -0.1) is 0 Å². The molecule has 1 N–H and O–H groups in total. The second kappa shape index (κ2) is 5.02. The molecule has 0 radical (unpaired) electrons. The zero-order chi connectivity index (χ0) is 14.3. The average Bonchev–Trinajstić information content (AvgIpc) is 3.18. The van der Waals surface area contributed by atoms with Crippen LogP contribution in [0.15, 0.2) is 0 Å². The van der Waals surface area contributed by atoms with Gasteiger partial charge in [-0.2, -0.15) is 0 Å². The Morgan fingerprint density at radius 1 is 1.20 bits per heavy atom. The van der Waals surface area contributed by atoms with Gasteiger partial charge in [-0.3, -0.25) is 14.5 Å². The van der Waals surface area contributed by atoms with Crippen LogP contribution in [0.1, 0.15) is 46.0 Å². The van der Waals surface area contributed by atoms with E-state index >= 15 is 0 Å². The molecule has 2 amide bonds. The maximum Gasteiger partial charge on any atom is 0.248 e. The molecule has 0 aromatic heterocycles. The molecule has 3 fully saturated rings. The van der Waals surface area contributed by atoms with Crippen LogP contribution >= 0.6 is 0 Å². The zero-order valence-corrected chi connectivity index (χ0v) is 12.5. The van der Waals surface area contributed by atoms with Gasteiger partial charge < -0.3 is 10.2 Å². The third-order valence-electron chi connectivity index (χ3n) is 5.13. The molecule has 2 aliphatic heterocycles. The van der Waals surface area contributed by atoms with Gasteiger partial charge in [0.15, 0.2) is 0 Å². The van der Waals surface area contributed by atoms with E-state index in [1.807, 2.05) is 18.7 Å². The molecular weight excluding hydrogens is 254 g/mol. The molecule has 1 saturated carbocycles. The molecule has 2 unspecified atom stereocenters. The van der Waals surface area contributed by atoms with Crippen molar-refractivity contribution in [3.05, 3.63) is 0 Å². The molecule has 2 saturated heterocycles. The molecular formula is C15H25N3O2. The maximum atomic E-state index is 12.8. The smallest absolute Gasteiger partial charge is 0.248 e. The standard InChI is InChI=1S/C15H25N3O2/c1-3-15(2)14(20)18(9-7-13(19)16-15)12-6-8-17(10-12)11-4-5-11/h11-12H,3-10H2,1-2H3,(H,16,19). The van der Waals surface area contributed by atoms with Crippen LogP contribution in [0.5, 0.6) is 0 Å². The van der Waals surface area contributed by atoms with Gasteiger partial charge in [0.1, 0.15) is 5.54 Å². The van der Waals surface area contributed by atoms with E-state index in [-0.39, 0.29) is 11.8 Å². The molecule has 2 heterocycles. The molecule has 5 heteroatoms. The van der Waals surface area contributed by atoms with Gasteiger partial charge in [-0.25, -0.2) is 0 Å². The molecule has 0 spiro atoms. The average molecular weight is 279 g/mol. The third kappa shape index (κ3) is 2.43. The first-order valence-corrected chi connectivity index (χ1v) is 7.89. The Morgan fingerprint density at radius 2 is 1.95 bits per heavy atom. The third-order valence-corrected chi connectivity index (χ3v) is 5.13. The Morgan fingerprint density at radius 3 is 2.60 bits per heavy atom. The number of carbonyl (C=O) groups is 2. The number of nitrogens with zero attached hydrogens (tertiary/aromatic N) is 2. The van der Waals surface area contributed by atoms with Crippen LogP contribution in [0.4, 0.5) is 0 Å². The van der Waals surface area contributed by atoms with E-state index in [9.17, 15) is 9.59 Å². The summed E-state index contributed by atoms with van der Waals surface area (Å²) < 4.78 is 0. The summed E-state index contributed by atoms with van der Waals surface area (Å²) >= 11 is 0. The summed E-state index contributed by atoms with van der Waals surface area (Å²) in [7, 11) is 0. The minimum Gasteiger partial charge on any atom is -0.342 e. The van der Waals surface area contributed by atoms with Crippen LogP contribution in [0, 0.1) is 0 Å². The van der Waals surface area contributed by atoms with Crippen molar-refractivity contribution in [1.82, 2.24) is 15.1 Å². The van der Waals surface area contributed by atoms with Crippen LogP contribution in [0.2, 0.25) is 0 Å². The summed E-state index contributed by atoms with van der Waals surface area (Å²) in [5, 5.41) is 2.91. The van der Waals surface area contributed by atoms with E-state index in [4.69, 9.17) is 0 Å². The number of amides is 2. The van der Waals surface area contributed by atoms with E-state index in [1.165, 1.54) is 12.8 Å². The Kier molecular flexibility index (Phi) is 3.48. The number of hydrogen-bond donors (Lipinski definition) is 1. The fourth-order valence-electron chi connectivity index (χ4n) is 3.45. The summed E-state index contributed by atoms with van der Waals surface area (Å²) in [6.07, 6.45) is 4.76. The van der Waals surface area contributed by atoms with Crippen molar-refractivity contribution < 1.29 is 9.59 Å². The van der Waals surface area contributed by atoms with Gasteiger partial charge in [0.2, 0.25) is 11.8 Å². The first kappa shape index (κ1) is 13.9. The van der Waals surface area contributed by atoms with Crippen molar-refractivity contribution in [3.8, 4) is 0 Å². The van der Waals surface area contributed by atoms with E-state index < -0.39 is 5.54 Å².